The van der Waals surface area contributed by atoms with Crippen LogP contribution in [0.3, 0.4) is 0 Å². The van der Waals surface area contributed by atoms with Crippen molar-refractivity contribution in [3.8, 4) is 155 Å². The molecule has 0 saturated heterocycles. The van der Waals surface area contributed by atoms with Crippen LogP contribution in [0, 0.1) is 6.92 Å². The molecule has 648 valence electrons. The number of hydrogen-bond acceptors (Lipinski definition) is 33. The van der Waals surface area contributed by atoms with Gasteiger partial charge in [-0.15, -0.1) is 0 Å². The maximum atomic E-state index is 12.5. The largest absolute Gasteiger partial charge is 0.506 e. The predicted octanol–water partition coefficient (Wildman–Crippen LogP) is 18.8. The Labute approximate surface area is 786 Å². The quantitative estimate of drug-likeness (QED) is 0.0399. The number of phenols is 27. The third kappa shape index (κ3) is 21.9. The highest BCUT2D eigenvalue weighted by Crippen LogP contribution is 2.51. The molecule has 124 heavy (non-hydrogen) atoms. The summed E-state index contributed by atoms with van der Waals surface area (Å²) in [5.74, 6) is -18.1. The minimum Gasteiger partial charge on any atom is -0.506 e. The first-order valence-electron chi connectivity index (χ1n) is 32.6. The Kier molecular flexibility index (Phi) is 33.0. The zero-order valence-electron chi connectivity index (χ0n) is 60.6. The zero-order chi connectivity index (χ0) is 93.6. The molecule has 12 aromatic carbocycles. The van der Waals surface area contributed by atoms with Gasteiger partial charge < -0.3 is 138 Å². The molecule has 0 fully saturated rings. The summed E-state index contributed by atoms with van der Waals surface area (Å²) in [6.07, 6.45) is 0. The van der Waals surface area contributed by atoms with Crippen molar-refractivity contribution in [1.29, 1.82) is 0 Å². The average Bonchev–Trinajstić information content (AvgIpc) is 0.774. The number of ketones is 6. The van der Waals surface area contributed by atoms with Crippen molar-refractivity contribution in [3.63, 3.8) is 0 Å². The van der Waals surface area contributed by atoms with Gasteiger partial charge in [0.05, 0.1) is 58.0 Å². The third-order valence-electron chi connectivity index (χ3n) is 16.5. The third-order valence-corrected chi connectivity index (χ3v) is 24.5. The van der Waals surface area contributed by atoms with Gasteiger partial charge in [-0.3, -0.25) is 28.8 Å². The van der Waals surface area contributed by atoms with E-state index >= 15 is 0 Å². The molecule has 0 aromatic heterocycles. The summed E-state index contributed by atoms with van der Waals surface area (Å²) in [6, 6.07) is 22.6. The van der Waals surface area contributed by atoms with Gasteiger partial charge in [-0.05, 0) is 288 Å². The van der Waals surface area contributed by atoms with Crippen molar-refractivity contribution >= 4 is 217 Å². The first kappa shape index (κ1) is 99.7. The van der Waals surface area contributed by atoms with Gasteiger partial charge in [0.25, 0.3) is 0 Å². The lowest BCUT2D eigenvalue weighted by Gasteiger charge is -2.12. The van der Waals surface area contributed by atoms with E-state index in [2.05, 4.69) is 159 Å². The van der Waals surface area contributed by atoms with Crippen molar-refractivity contribution in [2.24, 2.45) is 0 Å². The molecule has 0 saturated carbocycles. The molecule has 0 amide bonds. The zero-order valence-corrected chi connectivity index (χ0v) is 78.0. The maximum absolute atomic E-state index is 12.5. The number of rotatable bonds is 12. The van der Waals surface area contributed by atoms with E-state index in [-0.39, 0.29) is 144 Å². The number of benzene rings is 12. The summed E-state index contributed by atoms with van der Waals surface area (Å²) in [4.78, 5) is 74.0. The summed E-state index contributed by atoms with van der Waals surface area (Å²) < 4.78 is 1.33. The van der Waals surface area contributed by atoms with Gasteiger partial charge in [-0.25, -0.2) is 0 Å². The number of carbonyl (C=O) groups is 6. The van der Waals surface area contributed by atoms with Gasteiger partial charge in [-0.1, -0.05) is 23.2 Å². The van der Waals surface area contributed by atoms with E-state index in [1.54, 1.807) is 0 Å². The van der Waals surface area contributed by atoms with Crippen molar-refractivity contribution in [3.05, 3.63) is 248 Å². The van der Waals surface area contributed by atoms with E-state index in [0.717, 1.165) is 84.9 Å². The summed E-state index contributed by atoms with van der Waals surface area (Å²) >= 11 is 42.2. The SMILES string of the molecule is Cc1c(O)c(Cl)c(C(=O)c2ccc(O)c(O)c2)c(Cl)c1O.O=C(c1cc(O)c(O)c(Br)c1)c1cc(O)c(O)c(Br)c1Br.O=C(c1cc(O)c(O)c(O)c1)c1cc(O)c(O)c(Br)c1.O=C(c1cc(O)c(O)cc1Br)c1cc(Br)c(O)c(O)c1Br.O=C(c1cc(O)c(O)cc1Br)c1cc(Br)c(O)c(O)c1O.O=C(c1ccc(O)c(O)c1)c1cc(Br)c(O)c(O)c1O. The summed E-state index contributed by atoms with van der Waals surface area (Å²) in [5, 5.41) is 256. The standard InChI is InChI=1S/C14H10Cl2O5.2C13H7Br3O5.C13H8Br2O6.2C13H9BrO6/c1-5-12(19)10(15)9(11(16)13(5)20)14(21)6-2-3-7(17)8(18)4-6;14-6-3-9(18)8(17)2-4(6)11(19)5-1-7(15)12(20)13(21)10(5)16;14-6-1-4(2-7(17)12(6)20)11(19)5-3-8(18)13(21)10(16)9(5)15;14-6-3-9(17)8(16)2-4(6)10(18)5-1-7(15)12(20)13(21)11(5)19;14-7-1-5(2-8(15)12(7)19)11(18)6-3-9(16)13(20)10(17)4-6;14-7-4-6(11(18)13(20)12(7)19)10(17)5-1-2-8(15)9(16)3-5/h2-4,17-20H,1H3;2*1-3,17-18,20-21H;1-3,16-17,19-21H;1-4,15-17,19-20H;1-4,15-16,18-20H. The number of phenolic OH excluding ortho intramolecular Hbond substituents is 27. The molecule has 0 aliphatic carbocycles. The Morgan fingerprint density at radius 1 is 0.202 bits per heavy atom. The van der Waals surface area contributed by atoms with Crippen molar-refractivity contribution < 1.29 is 167 Å². The van der Waals surface area contributed by atoms with E-state index in [1.807, 2.05) is 0 Å². The van der Waals surface area contributed by atoms with Crippen LogP contribution in [-0.2, 0) is 0 Å². The predicted molar refractivity (Wildman–Crippen MR) is 475 cm³/mol. The minimum atomic E-state index is -0.841. The van der Waals surface area contributed by atoms with Gasteiger partial charge in [0, 0.05) is 69.1 Å². The lowest BCUT2D eigenvalue weighted by Crippen LogP contribution is -2.04. The smallest absolute Gasteiger partial charge is 0.202 e. The number of carbonyl (C=O) groups excluding carboxylic acids is 6. The molecule has 12 aromatic rings. The Morgan fingerprint density at radius 3 is 0.879 bits per heavy atom. The van der Waals surface area contributed by atoms with Crippen molar-refractivity contribution in [1.82, 2.24) is 0 Å². The average molecular weight is 2400 g/mol. The van der Waals surface area contributed by atoms with Crippen LogP contribution in [0.4, 0.5) is 0 Å². The molecular weight excluding hydrogens is 2350 g/mol. The summed E-state index contributed by atoms with van der Waals surface area (Å²) in [6.45, 7) is 1.39. The minimum absolute atomic E-state index is 0.00686. The Bertz CT molecular complexity index is 6140. The van der Waals surface area contributed by atoms with Crippen LogP contribution in [-0.4, -0.2) is 173 Å². The van der Waals surface area contributed by atoms with Crippen LogP contribution >= 0.6 is 183 Å². The molecule has 33 nitrogen and oxygen atoms in total. The monoisotopic (exact) mass is 2390 g/mol. The van der Waals surface area contributed by atoms with Crippen LogP contribution in [0.2, 0.25) is 10.0 Å². The van der Waals surface area contributed by atoms with Crippen LogP contribution in [0.15, 0.2) is 166 Å². The van der Waals surface area contributed by atoms with Crippen LogP contribution in [0.5, 0.6) is 155 Å². The molecule has 45 heteroatoms. The second-order valence-electron chi connectivity index (χ2n) is 24.6. The van der Waals surface area contributed by atoms with Gasteiger partial charge in [0.1, 0.15) is 11.5 Å². The van der Waals surface area contributed by atoms with Gasteiger partial charge in [0.15, 0.2) is 167 Å². The first-order valence-corrected chi connectivity index (χ1v) is 41.3. The fourth-order valence-corrected chi connectivity index (χ4v) is 15.2. The highest BCUT2D eigenvalue weighted by Gasteiger charge is 2.30. The van der Waals surface area contributed by atoms with Gasteiger partial charge in [0.2, 0.25) is 11.5 Å². The molecule has 27 N–H and O–H groups in total. The number of halogens is 12. The van der Waals surface area contributed by atoms with E-state index < -0.39 is 173 Å². The normalized spacial score (nSPS) is 10.6. The van der Waals surface area contributed by atoms with Crippen LogP contribution in [0.1, 0.15) is 101 Å². The fraction of sp³-hybridized carbons (Fsp3) is 0.0127. The lowest BCUT2D eigenvalue weighted by molar-refractivity contribution is 0.102. The molecule has 12 rings (SSSR count). The highest BCUT2D eigenvalue weighted by atomic mass is 79.9. The topological polar surface area (TPSA) is 649 Å². The van der Waals surface area contributed by atoms with E-state index in [0.29, 0.717) is 0 Å². The van der Waals surface area contributed by atoms with Gasteiger partial charge >= 0.3 is 0 Å². The second-order valence-corrected chi connectivity index (χ2v) is 33.7. The molecule has 0 heterocycles. The Hall–Kier alpha value is -11.4. The maximum Gasteiger partial charge on any atom is 0.202 e. The lowest BCUT2D eigenvalue weighted by atomic mass is 10.00. The molecule has 0 unspecified atom stereocenters. The molecular formula is C79H50Br10Cl2O33. The van der Waals surface area contributed by atoms with Crippen molar-refractivity contribution in [2.75, 3.05) is 0 Å². The number of hydrogen-bond donors (Lipinski definition) is 27. The van der Waals surface area contributed by atoms with Crippen molar-refractivity contribution in [2.45, 2.75) is 6.92 Å². The number of aromatic hydroxyl groups is 27. The Balaban J connectivity index is 0.000000204. The van der Waals surface area contributed by atoms with E-state index in [9.17, 15) is 167 Å². The molecule has 0 radical (unpaired) electrons. The Morgan fingerprint density at radius 2 is 0.484 bits per heavy atom. The highest BCUT2D eigenvalue weighted by molar-refractivity contribution is 9.13. The summed E-state index contributed by atoms with van der Waals surface area (Å²) in [5.41, 5.74) is -0.595. The van der Waals surface area contributed by atoms with Crippen LogP contribution in [0.25, 0.3) is 0 Å². The van der Waals surface area contributed by atoms with E-state index in [4.69, 9.17) is 23.2 Å². The molecule has 0 aliphatic heterocycles. The molecule has 0 bridgehead atoms. The van der Waals surface area contributed by atoms with Crippen LogP contribution < -0.4 is 0 Å². The molecule has 0 aliphatic rings. The second kappa shape index (κ2) is 41.0. The fourth-order valence-electron chi connectivity index (χ4n) is 9.95. The van der Waals surface area contributed by atoms with Gasteiger partial charge in [-0.2, -0.15) is 0 Å². The first-order chi connectivity index (χ1) is 57.6. The molecule has 0 atom stereocenters. The summed E-state index contributed by atoms with van der Waals surface area (Å²) in [7, 11) is 0. The van der Waals surface area contributed by atoms with E-state index in [1.165, 1.54) is 43.3 Å². The molecule has 0 spiro atoms.